The predicted molar refractivity (Wildman–Crippen MR) is 206 cm³/mol. The van der Waals surface area contributed by atoms with Crippen LogP contribution in [-0.2, 0) is 24.0 Å². The fourth-order valence-corrected chi connectivity index (χ4v) is 12.9. The molecule has 0 bridgehead atoms. The average molecular weight is 753 g/mol. The smallest absolute Gasteiger partial charge is 0.343 e. The first kappa shape index (κ1) is 40.4. The zero-order valence-electron chi connectivity index (χ0n) is 30.7. The van der Waals surface area contributed by atoms with Gasteiger partial charge in [-0.1, -0.05) is 106 Å². The number of esters is 1. The number of aryl methyl sites for hydroxylation is 1. The summed E-state index contributed by atoms with van der Waals surface area (Å²) in [7, 11) is -7.43. The van der Waals surface area contributed by atoms with Gasteiger partial charge in [-0.2, -0.15) is 4.72 Å². The quantitative estimate of drug-likeness (QED) is 0.0477. The minimum absolute atomic E-state index is 0.0269. The number of rotatable bonds is 14. The van der Waals surface area contributed by atoms with Crippen molar-refractivity contribution in [3.8, 4) is 0 Å². The molecule has 4 aromatic rings. The molecular formula is C40H50ClFN2O5SSi. The highest BCUT2D eigenvalue weighted by Gasteiger charge is 2.54. The number of hydrogen-bond acceptors (Lipinski definition) is 6. The van der Waals surface area contributed by atoms with Gasteiger partial charge in [-0.25, -0.2) is 17.6 Å². The van der Waals surface area contributed by atoms with Crippen molar-refractivity contribution in [1.82, 2.24) is 10.0 Å². The first-order chi connectivity index (χ1) is 23.9. The Morgan fingerprint density at radius 1 is 0.824 bits per heavy atom. The number of sulfonamides is 1. The molecule has 11 heteroatoms. The number of hydrogen-bond donors (Lipinski definition) is 2. The highest BCUT2D eigenvalue weighted by atomic mass is 35.5. The van der Waals surface area contributed by atoms with Crippen LogP contribution >= 0.6 is 11.6 Å². The van der Waals surface area contributed by atoms with Gasteiger partial charge in [0.2, 0.25) is 10.0 Å². The maximum absolute atomic E-state index is 16.0. The van der Waals surface area contributed by atoms with Gasteiger partial charge in [-0.3, -0.25) is 5.32 Å². The summed E-state index contributed by atoms with van der Waals surface area (Å²) in [4.78, 5) is 14.6. The Balaban J connectivity index is 1.89. The second-order valence-electron chi connectivity index (χ2n) is 14.8. The summed E-state index contributed by atoms with van der Waals surface area (Å²) in [5, 5.41) is 4.99. The fourth-order valence-electron chi connectivity index (χ4n) is 6.57. The van der Waals surface area contributed by atoms with Gasteiger partial charge in [-0.05, 0) is 84.9 Å². The van der Waals surface area contributed by atoms with E-state index in [-0.39, 0.29) is 34.5 Å². The average Bonchev–Trinajstić information content (AvgIpc) is 3.08. The van der Waals surface area contributed by atoms with E-state index < -0.39 is 47.3 Å². The summed E-state index contributed by atoms with van der Waals surface area (Å²) < 4.78 is 60.0. The van der Waals surface area contributed by atoms with E-state index in [0.717, 1.165) is 15.9 Å². The maximum atomic E-state index is 16.0. The second kappa shape index (κ2) is 16.1. The topological polar surface area (TPSA) is 93.7 Å². The number of alkyl halides is 1. The van der Waals surface area contributed by atoms with E-state index in [9.17, 15) is 13.2 Å². The molecule has 0 aromatic heterocycles. The van der Waals surface area contributed by atoms with Crippen LogP contribution in [0.4, 0.5) is 4.39 Å². The molecule has 0 saturated carbocycles. The number of benzene rings is 4. The van der Waals surface area contributed by atoms with Crippen LogP contribution in [0.3, 0.4) is 0 Å². The van der Waals surface area contributed by atoms with Crippen molar-refractivity contribution >= 4 is 46.3 Å². The lowest BCUT2D eigenvalue weighted by Gasteiger charge is -2.44. The lowest BCUT2D eigenvalue weighted by Crippen LogP contribution is -2.70. The molecule has 2 atom stereocenters. The zero-order valence-corrected chi connectivity index (χ0v) is 33.3. The van der Waals surface area contributed by atoms with Crippen LogP contribution in [-0.4, -0.2) is 53.0 Å². The number of ether oxygens (including phenoxy) is 1. The predicted octanol–water partition coefficient (Wildman–Crippen LogP) is 6.95. The Hall–Kier alpha value is -3.38. The molecule has 0 aliphatic heterocycles. The first-order valence-electron chi connectivity index (χ1n) is 17.0. The normalized spacial score (nSPS) is 14.5. The molecule has 0 radical (unpaired) electrons. The van der Waals surface area contributed by atoms with Gasteiger partial charge in [-0.15, -0.1) is 11.6 Å². The first-order valence-corrected chi connectivity index (χ1v) is 21.0. The summed E-state index contributed by atoms with van der Waals surface area (Å²) in [5.41, 5.74) is -1.91. The van der Waals surface area contributed by atoms with Crippen LogP contribution in [0, 0.1) is 19.7 Å². The molecule has 2 N–H and O–H groups in total. The number of carbonyl (C=O) groups is 1. The summed E-state index contributed by atoms with van der Waals surface area (Å²) in [6.45, 7) is 15.1. The summed E-state index contributed by atoms with van der Waals surface area (Å²) in [6, 6.07) is 30.8. The SMILES string of the molecule is Cc1ccc(F)c(C(CCl)C(NCCO[Si](c2ccccc2)(c2ccccc2)C(C)(C)C)(NS(=O)(=O)c2ccccc2)C(=O)OC(C)(C)C)c1C. The van der Waals surface area contributed by atoms with Crippen LogP contribution in [0.5, 0.6) is 0 Å². The maximum Gasteiger partial charge on any atom is 0.343 e. The molecule has 4 aromatic carbocycles. The Morgan fingerprint density at radius 2 is 1.33 bits per heavy atom. The lowest BCUT2D eigenvalue weighted by molar-refractivity contribution is -0.165. The summed E-state index contributed by atoms with van der Waals surface area (Å²) in [5.74, 6) is -3.16. The molecule has 2 unspecified atom stereocenters. The van der Waals surface area contributed by atoms with E-state index in [2.05, 4.69) is 55.1 Å². The van der Waals surface area contributed by atoms with E-state index in [1.165, 1.54) is 18.2 Å². The second-order valence-corrected chi connectivity index (χ2v) is 21.1. The van der Waals surface area contributed by atoms with Crippen LogP contribution < -0.4 is 20.4 Å². The molecule has 0 fully saturated rings. The Bertz CT molecular complexity index is 1850. The molecule has 0 aliphatic rings. The molecule has 0 aliphatic carbocycles. The third-order valence-electron chi connectivity index (χ3n) is 9.07. The van der Waals surface area contributed by atoms with E-state index in [0.29, 0.717) is 5.56 Å². The zero-order chi connectivity index (χ0) is 37.7. The molecule has 0 amide bonds. The molecule has 0 saturated heterocycles. The molecule has 0 heterocycles. The van der Waals surface area contributed by atoms with Gasteiger partial charge < -0.3 is 9.16 Å². The van der Waals surface area contributed by atoms with Crippen LogP contribution in [0.25, 0.3) is 0 Å². The van der Waals surface area contributed by atoms with E-state index in [1.54, 1.807) is 52.0 Å². The van der Waals surface area contributed by atoms with Gasteiger partial charge in [0.15, 0.2) is 5.66 Å². The number of halogens is 2. The van der Waals surface area contributed by atoms with Gasteiger partial charge in [0.25, 0.3) is 8.32 Å². The van der Waals surface area contributed by atoms with E-state index >= 15 is 4.39 Å². The lowest BCUT2D eigenvalue weighted by atomic mass is 9.83. The molecule has 7 nitrogen and oxygen atoms in total. The monoisotopic (exact) mass is 752 g/mol. The Morgan fingerprint density at radius 3 is 1.80 bits per heavy atom. The summed E-state index contributed by atoms with van der Waals surface area (Å²) in [6.07, 6.45) is 0. The largest absolute Gasteiger partial charge is 0.458 e. The third-order valence-corrected chi connectivity index (χ3v) is 15.9. The minimum Gasteiger partial charge on any atom is -0.458 e. The van der Waals surface area contributed by atoms with Crippen molar-refractivity contribution in [2.45, 2.75) is 82.5 Å². The van der Waals surface area contributed by atoms with Gasteiger partial charge in [0.1, 0.15) is 11.4 Å². The van der Waals surface area contributed by atoms with Gasteiger partial charge in [0, 0.05) is 24.9 Å². The van der Waals surface area contributed by atoms with Gasteiger partial charge >= 0.3 is 5.97 Å². The highest BCUT2D eigenvalue weighted by Crippen LogP contribution is 2.38. The fraction of sp³-hybridized carbons (Fsp3) is 0.375. The summed E-state index contributed by atoms with van der Waals surface area (Å²) >= 11 is 6.70. The van der Waals surface area contributed by atoms with Gasteiger partial charge in [0.05, 0.1) is 4.90 Å². The van der Waals surface area contributed by atoms with Crippen LogP contribution in [0.1, 0.15) is 64.2 Å². The molecule has 51 heavy (non-hydrogen) atoms. The van der Waals surface area contributed by atoms with E-state index in [4.69, 9.17) is 20.8 Å². The van der Waals surface area contributed by atoms with Crippen LogP contribution in [0.2, 0.25) is 5.04 Å². The third kappa shape index (κ3) is 8.81. The number of carbonyl (C=O) groups excluding carboxylic acids is 1. The Kier molecular flexibility index (Phi) is 12.8. The van der Waals surface area contributed by atoms with Crippen molar-refractivity contribution in [2.75, 3.05) is 19.0 Å². The minimum atomic E-state index is -4.42. The molecule has 4 rings (SSSR count). The van der Waals surface area contributed by atoms with Crippen molar-refractivity contribution in [2.24, 2.45) is 0 Å². The van der Waals surface area contributed by atoms with Crippen molar-refractivity contribution in [3.63, 3.8) is 0 Å². The number of nitrogens with one attached hydrogen (secondary N) is 2. The van der Waals surface area contributed by atoms with E-state index in [1.807, 2.05) is 43.3 Å². The highest BCUT2D eigenvalue weighted by molar-refractivity contribution is 7.89. The Labute approximate surface area is 309 Å². The van der Waals surface area contributed by atoms with Crippen molar-refractivity contribution in [3.05, 3.63) is 126 Å². The van der Waals surface area contributed by atoms with Crippen molar-refractivity contribution in [1.29, 1.82) is 0 Å². The molecular weight excluding hydrogens is 703 g/mol. The van der Waals surface area contributed by atoms with Crippen LogP contribution in [0.15, 0.2) is 108 Å². The molecule has 0 spiro atoms. The van der Waals surface area contributed by atoms with Crippen molar-refractivity contribution < 1.29 is 26.8 Å². The molecule has 274 valence electrons. The standard InChI is InChI=1S/C40H50ClFN2O5SSi/c1-29-24-25-35(42)36(30(29)2)34(28-41)40(37(45)49-38(3,4)5,44-50(46,47)31-18-12-9-13-19-31)43-26-27-48-51(39(6,7)8,32-20-14-10-15-21-32)33-22-16-11-17-23-33/h9-25,34,43-44H,26-28H2,1-8H3.